The SMILES string of the molecule is CCC(C)NC(=S)NC(=O)c1cc(Br)ccc1OCCc1ccccc1. The summed E-state index contributed by atoms with van der Waals surface area (Å²) in [6.45, 7) is 4.55. The van der Waals surface area contributed by atoms with Crippen LogP contribution in [0.1, 0.15) is 36.2 Å². The molecule has 0 heterocycles. The van der Waals surface area contributed by atoms with Crippen molar-refractivity contribution in [3.63, 3.8) is 0 Å². The van der Waals surface area contributed by atoms with Gasteiger partial charge in [-0.25, -0.2) is 0 Å². The highest BCUT2D eigenvalue weighted by molar-refractivity contribution is 9.10. The van der Waals surface area contributed by atoms with E-state index in [0.717, 1.165) is 17.3 Å². The normalized spacial score (nSPS) is 11.5. The first kappa shape index (κ1) is 20.4. The standard InChI is InChI=1S/C20H23BrN2O2S/c1-3-14(2)22-20(26)23-19(24)17-13-16(21)9-10-18(17)25-12-11-15-7-5-4-6-8-15/h4-10,13-14H,3,11-12H2,1-2H3,(H2,22,23,24,26). The van der Waals surface area contributed by atoms with Gasteiger partial charge in [-0.2, -0.15) is 0 Å². The van der Waals surface area contributed by atoms with Crippen LogP contribution in [0.25, 0.3) is 0 Å². The number of halogens is 1. The molecular formula is C20H23BrN2O2S. The summed E-state index contributed by atoms with van der Waals surface area (Å²) in [6.07, 6.45) is 1.69. The molecule has 2 N–H and O–H groups in total. The molecule has 0 aromatic heterocycles. The van der Waals surface area contributed by atoms with Crippen LogP contribution in [0.3, 0.4) is 0 Å². The lowest BCUT2D eigenvalue weighted by Crippen LogP contribution is -2.43. The first-order chi connectivity index (χ1) is 12.5. The first-order valence-electron chi connectivity index (χ1n) is 8.57. The third-order valence-electron chi connectivity index (χ3n) is 3.89. The van der Waals surface area contributed by atoms with E-state index < -0.39 is 0 Å². The van der Waals surface area contributed by atoms with Gasteiger partial charge < -0.3 is 10.1 Å². The maximum atomic E-state index is 12.6. The molecule has 1 unspecified atom stereocenters. The molecule has 0 saturated carbocycles. The summed E-state index contributed by atoms with van der Waals surface area (Å²) in [5, 5.41) is 6.11. The van der Waals surface area contributed by atoms with Crippen molar-refractivity contribution in [1.29, 1.82) is 0 Å². The highest BCUT2D eigenvalue weighted by atomic mass is 79.9. The second-order valence-electron chi connectivity index (χ2n) is 5.96. The van der Waals surface area contributed by atoms with Gasteiger partial charge in [-0.1, -0.05) is 53.2 Å². The summed E-state index contributed by atoms with van der Waals surface area (Å²) in [5.41, 5.74) is 1.63. The predicted octanol–water partition coefficient (Wildman–Crippen LogP) is 4.47. The van der Waals surface area contributed by atoms with Crippen LogP contribution in [0.2, 0.25) is 0 Å². The van der Waals surface area contributed by atoms with Gasteiger partial charge in [0, 0.05) is 16.9 Å². The summed E-state index contributed by atoms with van der Waals surface area (Å²) < 4.78 is 6.66. The lowest BCUT2D eigenvalue weighted by atomic mass is 10.1. The van der Waals surface area contributed by atoms with Crippen molar-refractivity contribution in [3.8, 4) is 5.75 Å². The molecule has 0 aliphatic carbocycles. The molecule has 0 spiro atoms. The summed E-state index contributed by atoms with van der Waals surface area (Å²) in [5.74, 6) is 0.245. The van der Waals surface area contributed by atoms with E-state index in [1.807, 2.05) is 31.2 Å². The van der Waals surface area contributed by atoms with E-state index in [1.54, 1.807) is 12.1 Å². The quantitative estimate of drug-likeness (QED) is 0.630. The van der Waals surface area contributed by atoms with E-state index in [4.69, 9.17) is 17.0 Å². The number of rotatable bonds is 7. The van der Waals surface area contributed by atoms with E-state index >= 15 is 0 Å². The van der Waals surface area contributed by atoms with Crippen molar-refractivity contribution in [3.05, 3.63) is 64.1 Å². The van der Waals surface area contributed by atoms with Crippen molar-refractivity contribution in [2.24, 2.45) is 0 Å². The minimum Gasteiger partial charge on any atom is -0.492 e. The smallest absolute Gasteiger partial charge is 0.261 e. The highest BCUT2D eigenvalue weighted by Crippen LogP contribution is 2.23. The van der Waals surface area contributed by atoms with Gasteiger partial charge in [-0.15, -0.1) is 0 Å². The van der Waals surface area contributed by atoms with Crippen LogP contribution in [0.15, 0.2) is 53.0 Å². The van der Waals surface area contributed by atoms with E-state index in [1.165, 1.54) is 5.56 Å². The fourth-order valence-corrected chi connectivity index (χ4v) is 2.92. The van der Waals surface area contributed by atoms with Gasteiger partial charge in [-0.3, -0.25) is 10.1 Å². The maximum Gasteiger partial charge on any atom is 0.261 e. The van der Waals surface area contributed by atoms with Crippen molar-refractivity contribution in [2.75, 3.05) is 6.61 Å². The van der Waals surface area contributed by atoms with Crippen molar-refractivity contribution >= 4 is 39.2 Å². The monoisotopic (exact) mass is 434 g/mol. The molecule has 0 radical (unpaired) electrons. The number of hydrogen-bond acceptors (Lipinski definition) is 3. The molecular weight excluding hydrogens is 412 g/mol. The summed E-state index contributed by atoms with van der Waals surface area (Å²) >= 11 is 8.61. The zero-order valence-corrected chi connectivity index (χ0v) is 17.3. The molecule has 1 atom stereocenters. The topological polar surface area (TPSA) is 50.4 Å². The number of carbonyl (C=O) groups excluding carboxylic acids is 1. The fraction of sp³-hybridized carbons (Fsp3) is 0.300. The maximum absolute atomic E-state index is 12.6. The molecule has 2 aromatic rings. The Morgan fingerprint density at radius 1 is 1.23 bits per heavy atom. The van der Waals surface area contributed by atoms with Crippen molar-refractivity contribution < 1.29 is 9.53 Å². The predicted molar refractivity (Wildman–Crippen MR) is 113 cm³/mol. The molecule has 2 aromatic carbocycles. The second kappa shape index (κ2) is 10.3. The zero-order chi connectivity index (χ0) is 18.9. The van der Waals surface area contributed by atoms with Crippen LogP contribution in [0.4, 0.5) is 0 Å². The largest absolute Gasteiger partial charge is 0.492 e. The van der Waals surface area contributed by atoms with E-state index in [0.29, 0.717) is 23.0 Å². The Bertz CT molecular complexity index is 753. The van der Waals surface area contributed by atoms with E-state index in [-0.39, 0.29) is 11.9 Å². The Hall–Kier alpha value is -1.92. The number of nitrogens with one attached hydrogen (secondary N) is 2. The Kier molecular flexibility index (Phi) is 8.06. The summed E-state index contributed by atoms with van der Waals surface area (Å²) in [6, 6.07) is 15.7. The summed E-state index contributed by atoms with van der Waals surface area (Å²) in [4.78, 5) is 12.6. The van der Waals surface area contributed by atoms with Crippen molar-refractivity contribution in [2.45, 2.75) is 32.7 Å². The van der Waals surface area contributed by atoms with Gasteiger partial charge in [-0.05, 0) is 49.3 Å². The second-order valence-corrected chi connectivity index (χ2v) is 7.29. The van der Waals surface area contributed by atoms with Gasteiger partial charge >= 0.3 is 0 Å². The first-order valence-corrected chi connectivity index (χ1v) is 9.77. The lowest BCUT2D eigenvalue weighted by Gasteiger charge is -2.16. The average Bonchev–Trinajstić information content (AvgIpc) is 2.63. The number of thiocarbonyl (C=S) groups is 1. The number of amides is 1. The average molecular weight is 435 g/mol. The molecule has 4 nitrogen and oxygen atoms in total. The molecule has 0 aliphatic heterocycles. The van der Waals surface area contributed by atoms with Gasteiger partial charge in [0.2, 0.25) is 0 Å². The molecule has 26 heavy (non-hydrogen) atoms. The Morgan fingerprint density at radius 2 is 1.96 bits per heavy atom. The highest BCUT2D eigenvalue weighted by Gasteiger charge is 2.15. The molecule has 0 saturated heterocycles. The van der Waals surface area contributed by atoms with E-state index in [9.17, 15) is 4.79 Å². The minimum atomic E-state index is -0.290. The van der Waals surface area contributed by atoms with Crippen LogP contribution < -0.4 is 15.4 Å². The third kappa shape index (κ3) is 6.42. The Morgan fingerprint density at radius 3 is 2.65 bits per heavy atom. The van der Waals surface area contributed by atoms with Crippen molar-refractivity contribution in [1.82, 2.24) is 10.6 Å². The summed E-state index contributed by atoms with van der Waals surface area (Å²) in [7, 11) is 0. The molecule has 1 amide bonds. The number of hydrogen-bond donors (Lipinski definition) is 2. The van der Waals surface area contributed by atoms with Crippen LogP contribution >= 0.6 is 28.1 Å². The van der Waals surface area contributed by atoms with Gasteiger partial charge in [0.05, 0.1) is 12.2 Å². The molecule has 0 bridgehead atoms. The van der Waals surface area contributed by atoms with E-state index in [2.05, 4.69) is 45.6 Å². The minimum absolute atomic E-state index is 0.201. The van der Waals surface area contributed by atoms with Crippen LogP contribution in [0, 0.1) is 0 Å². The molecule has 0 fully saturated rings. The molecule has 138 valence electrons. The molecule has 2 rings (SSSR count). The van der Waals surface area contributed by atoms with Gasteiger partial charge in [0.1, 0.15) is 5.75 Å². The molecule has 0 aliphatic rings. The molecule has 6 heteroatoms. The van der Waals surface area contributed by atoms with Crippen LogP contribution in [-0.4, -0.2) is 23.7 Å². The lowest BCUT2D eigenvalue weighted by molar-refractivity contribution is 0.0972. The van der Waals surface area contributed by atoms with Crippen LogP contribution in [-0.2, 0) is 6.42 Å². The zero-order valence-electron chi connectivity index (χ0n) is 14.9. The van der Waals surface area contributed by atoms with Crippen LogP contribution in [0.5, 0.6) is 5.75 Å². The third-order valence-corrected chi connectivity index (χ3v) is 4.61. The number of benzene rings is 2. The number of carbonyl (C=O) groups is 1. The van der Waals surface area contributed by atoms with Gasteiger partial charge in [0.15, 0.2) is 5.11 Å². The Balaban J connectivity index is 2.01. The van der Waals surface area contributed by atoms with Gasteiger partial charge in [0.25, 0.3) is 5.91 Å². The Labute approximate surface area is 168 Å². The number of ether oxygens (including phenoxy) is 1. The fourth-order valence-electron chi connectivity index (χ4n) is 2.26.